The molecular weight excluding hydrogens is 909 g/mol. The average molecular weight is 985 g/mol. The predicted octanol–water partition coefficient (Wildman–Crippen LogP) is 0.613. The summed E-state index contributed by atoms with van der Waals surface area (Å²) in [6.45, 7) is 10.4. The van der Waals surface area contributed by atoms with Crippen LogP contribution in [0.3, 0.4) is 0 Å². The highest BCUT2D eigenvalue weighted by atomic mass is 16.8. The van der Waals surface area contributed by atoms with Gasteiger partial charge < -0.3 is 88.2 Å². The van der Waals surface area contributed by atoms with Gasteiger partial charge in [0.05, 0.1) is 54.9 Å². The van der Waals surface area contributed by atoms with Crippen molar-refractivity contribution in [2.24, 2.45) is 34.5 Å². The van der Waals surface area contributed by atoms with Gasteiger partial charge in [0.2, 0.25) is 0 Å². The second kappa shape index (κ2) is 20.0. The Morgan fingerprint density at radius 1 is 0.710 bits per heavy atom. The van der Waals surface area contributed by atoms with E-state index in [1.807, 2.05) is 6.92 Å². The number of hydrogen-bond donors (Lipinski definition) is 8. The van der Waals surface area contributed by atoms with Crippen molar-refractivity contribution in [1.82, 2.24) is 0 Å². The third-order valence-electron chi connectivity index (χ3n) is 18.2. The van der Waals surface area contributed by atoms with E-state index in [1.165, 1.54) is 13.0 Å². The smallest absolute Gasteiger partial charge is 0.331 e. The van der Waals surface area contributed by atoms with Gasteiger partial charge in [-0.25, -0.2) is 4.79 Å². The summed E-state index contributed by atoms with van der Waals surface area (Å²) < 4.78 is 60.1. The molecule has 20 nitrogen and oxygen atoms in total. The van der Waals surface area contributed by atoms with E-state index in [2.05, 4.69) is 13.8 Å². The second-order valence-electron chi connectivity index (χ2n) is 22.3. The molecule has 0 unspecified atom stereocenters. The fraction of sp³-hybridized carbons (Fsp3) is 0.918. The number of carbonyl (C=O) groups is 2. The Morgan fingerprint density at radius 2 is 1.33 bits per heavy atom. The van der Waals surface area contributed by atoms with Crippen molar-refractivity contribution >= 4 is 11.9 Å². The zero-order valence-electron chi connectivity index (χ0n) is 40.5. The molecule has 4 saturated carbocycles. The Bertz CT molecular complexity index is 1850. The van der Waals surface area contributed by atoms with Gasteiger partial charge in [-0.15, -0.1) is 0 Å². The van der Waals surface area contributed by atoms with E-state index in [-0.39, 0.29) is 55.2 Å². The van der Waals surface area contributed by atoms with Gasteiger partial charge in [0.1, 0.15) is 55.4 Å². The summed E-state index contributed by atoms with van der Waals surface area (Å²) in [5.41, 5.74) is -0.809. The molecule has 0 aromatic carbocycles. The molecule has 0 bridgehead atoms. The highest BCUT2D eigenvalue weighted by Crippen LogP contribution is 2.70. The number of fused-ring (bicyclic) bond motifs is 5. The van der Waals surface area contributed by atoms with Gasteiger partial charge in [0.25, 0.3) is 0 Å². The molecule has 8 N–H and O–H groups in total. The van der Waals surface area contributed by atoms with Crippen LogP contribution in [0.5, 0.6) is 0 Å². The van der Waals surface area contributed by atoms with E-state index >= 15 is 0 Å². The van der Waals surface area contributed by atoms with Crippen LogP contribution in [0, 0.1) is 34.5 Å². The van der Waals surface area contributed by atoms with E-state index in [1.54, 1.807) is 13.8 Å². The number of ether oxygens (including phenoxy) is 10. The molecular formula is C49H76O20. The van der Waals surface area contributed by atoms with Gasteiger partial charge in [0, 0.05) is 50.0 Å². The lowest BCUT2D eigenvalue weighted by Gasteiger charge is -2.63. The first-order chi connectivity index (χ1) is 32.6. The molecule has 4 aliphatic carbocycles. The van der Waals surface area contributed by atoms with Gasteiger partial charge in [-0.3, -0.25) is 4.79 Å². The van der Waals surface area contributed by atoms with E-state index in [9.17, 15) is 50.4 Å². The average Bonchev–Trinajstić information content (AvgIpc) is 3.79. The Hall–Kier alpha value is -1.96. The minimum atomic E-state index is -1.68. The van der Waals surface area contributed by atoms with Crippen LogP contribution in [-0.2, 0) is 57.0 Å². The highest BCUT2D eigenvalue weighted by Gasteiger charge is 2.70. The zero-order valence-corrected chi connectivity index (χ0v) is 40.5. The zero-order chi connectivity index (χ0) is 49.5. The molecule has 5 aliphatic heterocycles. The molecule has 9 aliphatic rings. The molecule has 0 aromatic rings. The van der Waals surface area contributed by atoms with E-state index < -0.39 is 134 Å². The molecule has 0 spiro atoms. The largest absolute Gasteiger partial charge is 0.459 e. The molecule has 4 saturated heterocycles. The first kappa shape index (κ1) is 51.9. The van der Waals surface area contributed by atoms with E-state index in [0.717, 1.165) is 50.5 Å². The van der Waals surface area contributed by atoms with Gasteiger partial charge in [0.15, 0.2) is 25.2 Å². The third kappa shape index (κ3) is 9.59. The van der Waals surface area contributed by atoms with Crippen molar-refractivity contribution in [3.63, 3.8) is 0 Å². The molecule has 0 amide bonds. The number of carbonyl (C=O) groups excluding carboxylic acids is 2. The number of esters is 2. The van der Waals surface area contributed by atoms with E-state index in [0.29, 0.717) is 18.3 Å². The fourth-order valence-electron chi connectivity index (χ4n) is 14.7. The van der Waals surface area contributed by atoms with Crippen molar-refractivity contribution < 1.29 is 97.8 Å². The van der Waals surface area contributed by atoms with Crippen LogP contribution in [0.25, 0.3) is 0 Å². The lowest BCUT2D eigenvalue weighted by molar-refractivity contribution is -0.355. The normalized spacial score (nSPS) is 53.3. The highest BCUT2D eigenvalue weighted by molar-refractivity contribution is 5.85. The van der Waals surface area contributed by atoms with Crippen LogP contribution in [0.4, 0.5) is 0 Å². The first-order valence-corrected chi connectivity index (χ1v) is 25.3. The molecule has 5 heterocycles. The monoisotopic (exact) mass is 984 g/mol. The molecule has 20 heteroatoms. The minimum absolute atomic E-state index is 0.000687. The molecule has 9 rings (SSSR count). The maximum Gasteiger partial charge on any atom is 0.331 e. The van der Waals surface area contributed by atoms with Crippen LogP contribution < -0.4 is 0 Å². The topological polar surface area (TPSA) is 288 Å². The number of aliphatic hydroxyl groups excluding tert-OH is 7. The number of hydrogen-bond acceptors (Lipinski definition) is 20. The van der Waals surface area contributed by atoms with Crippen LogP contribution in [0.15, 0.2) is 11.6 Å². The van der Waals surface area contributed by atoms with Crippen molar-refractivity contribution in [2.75, 3.05) is 13.2 Å². The van der Waals surface area contributed by atoms with Gasteiger partial charge >= 0.3 is 11.9 Å². The van der Waals surface area contributed by atoms with E-state index in [4.69, 9.17) is 47.4 Å². The van der Waals surface area contributed by atoms with Crippen molar-refractivity contribution in [3.8, 4) is 0 Å². The summed E-state index contributed by atoms with van der Waals surface area (Å²) in [5, 5.41) is 87.5. The molecule has 0 aromatic heterocycles. The molecule has 0 radical (unpaired) electrons. The molecule has 8 fully saturated rings. The van der Waals surface area contributed by atoms with Gasteiger partial charge in [-0.2, -0.15) is 0 Å². The minimum Gasteiger partial charge on any atom is -0.459 e. The molecule has 392 valence electrons. The first-order valence-electron chi connectivity index (χ1n) is 25.3. The quantitative estimate of drug-likeness (QED) is 0.104. The Balaban J connectivity index is 0.749. The summed E-state index contributed by atoms with van der Waals surface area (Å²) >= 11 is 0. The Labute approximate surface area is 402 Å². The lowest BCUT2D eigenvalue weighted by Crippen LogP contribution is -2.62. The molecule has 69 heavy (non-hydrogen) atoms. The van der Waals surface area contributed by atoms with Crippen molar-refractivity contribution in [3.05, 3.63) is 11.6 Å². The predicted molar refractivity (Wildman–Crippen MR) is 235 cm³/mol. The fourth-order valence-corrected chi connectivity index (χ4v) is 14.7. The SMILES string of the molecule is CC(=O)O[C@@H]1C[C@H](O[C@@H]2[C@H](O)C[C@@H](O[C@@H]3[C@H](O)C[C@@H](O[C@@H]4CC[C@@]5(C)[C@H](CC[C@@H]6[C@H]5CC[C@]5(C)[C@@H](C7=CC(=O)OC7)[C@@H](O)C[C@]65O)C4)O[C@@H]3C)O[C@@H]2C)O[C@H](C)[C@H]1O[C@H]1O[C@@H](CO)[C@H](O)[C@@H](O)[C@@H]1O. The Morgan fingerprint density at radius 3 is 1.93 bits per heavy atom. The summed E-state index contributed by atoms with van der Waals surface area (Å²) in [6.07, 6.45) is -10.8. The second-order valence-corrected chi connectivity index (χ2v) is 22.3. The summed E-state index contributed by atoms with van der Waals surface area (Å²) in [7, 11) is 0. The summed E-state index contributed by atoms with van der Waals surface area (Å²) in [5.74, 6) is -0.609. The van der Waals surface area contributed by atoms with Crippen molar-refractivity contribution in [2.45, 2.75) is 234 Å². The standard InChI is InChI=1S/C49H76O20/c1-21-43(67-37-16-31(53)44(22(2)62-37)68-38-17-33(64-24(4)51)45(23(3)63-38)69-46-42(58)41(57)40(56)34(19-50)66-46)30(52)15-36(61-21)65-27-9-11-47(5)26(14-27)7-8-29-28(47)10-12-48(6)39(25-13-35(55)60-20-25)32(54)18-49(29,48)59/h13,21-23,26-34,36-46,50,52-54,56-59H,7-12,14-20H2,1-6H3/t21-,22-,23-,26-,27-,28-,29-,30-,31-,32+,33-,34+,36-,37-,38+,39+,40+,41-,42+,43+,44+,45-,46-,47+,48-,49+/m1/s1. The van der Waals surface area contributed by atoms with Crippen LogP contribution in [0.2, 0.25) is 0 Å². The maximum atomic E-state index is 12.6. The van der Waals surface area contributed by atoms with Crippen LogP contribution in [-0.4, -0.2) is 188 Å². The van der Waals surface area contributed by atoms with Crippen LogP contribution >= 0.6 is 0 Å². The lowest BCUT2D eigenvalue weighted by atomic mass is 9.43. The third-order valence-corrected chi connectivity index (χ3v) is 18.2. The van der Waals surface area contributed by atoms with Gasteiger partial charge in [-0.05, 0) is 94.5 Å². The summed E-state index contributed by atoms with van der Waals surface area (Å²) in [4.78, 5) is 24.2. The number of cyclic esters (lactones) is 1. The molecule has 26 atom stereocenters. The Kier molecular flexibility index (Phi) is 15.1. The number of aliphatic hydroxyl groups is 8. The summed E-state index contributed by atoms with van der Waals surface area (Å²) in [6, 6.07) is 0. The number of rotatable bonds is 11. The maximum absolute atomic E-state index is 12.6. The van der Waals surface area contributed by atoms with Crippen molar-refractivity contribution in [1.29, 1.82) is 0 Å². The van der Waals surface area contributed by atoms with Crippen LogP contribution in [0.1, 0.15) is 112 Å². The van der Waals surface area contributed by atoms with Gasteiger partial charge in [-0.1, -0.05) is 13.8 Å².